The van der Waals surface area contributed by atoms with Crippen molar-refractivity contribution in [2.24, 2.45) is 0 Å². The molecule has 0 saturated carbocycles. The number of rotatable bonds is 4. The second-order valence-electron chi connectivity index (χ2n) is 5.89. The first-order valence-corrected chi connectivity index (χ1v) is 8.99. The summed E-state index contributed by atoms with van der Waals surface area (Å²) in [5, 5.41) is 8.77. The molecule has 0 spiro atoms. The summed E-state index contributed by atoms with van der Waals surface area (Å²) in [4.78, 5) is 27.3. The third-order valence-corrected chi connectivity index (χ3v) is 5.55. The van der Waals surface area contributed by atoms with Gasteiger partial charge in [-0.25, -0.2) is 0 Å². The molecule has 1 aromatic carbocycles. The van der Waals surface area contributed by atoms with Crippen molar-refractivity contribution in [3.63, 3.8) is 0 Å². The number of carboxylic acids is 1. The van der Waals surface area contributed by atoms with Gasteiger partial charge in [0.2, 0.25) is 0 Å². The average Bonchev–Trinajstić information content (AvgIpc) is 2.79. The van der Waals surface area contributed by atoms with E-state index in [0.717, 1.165) is 24.9 Å². The maximum Gasteiger partial charge on any atom is 0.305 e. The Bertz CT molecular complexity index is 745. The van der Waals surface area contributed by atoms with Crippen LogP contribution >= 0.6 is 24.0 Å². The Balaban J connectivity index is 1.80. The molecule has 0 bridgehead atoms. The number of thiocarbonyl (C=S) groups is 1. The number of carbonyl (C=O) groups is 2. The molecule has 1 amide bonds. The van der Waals surface area contributed by atoms with Crippen molar-refractivity contribution in [2.75, 3.05) is 25.0 Å². The molecule has 0 atom stereocenters. The molecular formula is C17H18N2O3S2. The van der Waals surface area contributed by atoms with E-state index in [4.69, 9.17) is 17.3 Å². The highest BCUT2D eigenvalue weighted by atomic mass is 32.2. The molecule has 3 rings (SSSR count). The highest BCUT2D eigenvalue weighted by Gasteiger charge is 2.32. The van der Waals surface area contributed by atoms with Crippen molar-refractivity contribution < 1.29 is 14.7 Å². The largest absolute Gasteiger partial charge is 0.481 e. The number of carboxylic acid groups (broad SMARTS) is 1. The van der Waals surface area contributed by atoms with Crippen LogP contribution in [-0.4, -0.2) is 46.3 Å². The van der Waals surface area contributed by atoms with E-state index in [9.17, 15) is 9.59 Å². The summed E-state index contributed by atoms with van der Waals surface area (Å²) < 4.78 is 0.421. The first kappa shape index (κ1) is 17.0. The lowest BCUT2D eigenvalue weighted by Crippen LogP contribution is -2.30. The molecule has 0 radical (unpaired) electrons. The monoisotopic (exact) mass is 362 g/mol. The average molecular weight is 362 g/mol. The third-order valence-electron chi connectivity index (χ3n) is 4.18. The molecule has 7 heteroatoms. The number of benzene rings is 1. The van der Waals surface area contributed by atoms with E-state index in [-0.39, 0.29) is 18.9 Å². The predicted molar refractivity (Wildman–Crippen MR) is 100 cm³/mol. The van der Waals surface area contributed by atoms with Crippen LogP contribution in [0, 0.1) is 0 Å². The topological polar surface area (TPSA) is 60.9 Å². The van der Waals surface area contributed by atoms with E-state index >= 15 is 0 Å². The van der Waals surface area contributed by atoms with E-state index in [1.165, 1.54) is 27.9 Å². The number of aliphatic carboxylic acids is 1. The standard InChI is InChI=1S/C17H18N2O3S2/c1-18-7-2-3-12-9-11(4-5-13(12)18)10-14-16(22)19(17(23)24-14)8-6-15(20)21/h4-5,9-10H,2-3,6-8H2,1H3,(H,20,21). The SMILES string of the molecule is CN1CCCc2cc(C=C3SC(=S)N(CCC(=O)O)C3=O)ccc21. The van der Waals surface area contributed by atoms with Gasteiger partial charge in [0.1, 0.15) is 4.32 Å². The first-order chi connectivity index (χ1) is 11.5. The van der Waals surface area contributed by atoms with Gasteiger partial charge in [0, 0.05) is 25.8 Å². The van der Waals surface area contributed by atoms with Crippen LogP contribution in [0.15, 0.2) is 23.1 Å². The van der Waals surface area contributed by atoms with Gasteiger partial charge in [0.15, 0.2) is 0 Å². The first-order valence-electron chi connectivity index (χ1n) is 7.77. The molecule has 0 unspecified atom stereocenters. The lowest BCUT2D eigenvalue weighted by atomic mass is 9.99. The van der Waals surface area contributed by atoms with Gasteiger partial charge in [-0.2, -0.15) is 0 Å². The Morgan fingerprint density at radius 1 is 1.46 bits per heavy atom. The zero-order chi connectivity index (χ0) is 17.3. The van der Waals surface area contributed by atoms with Crippen LogP contribution < -0.4 is 4.90 Å². The molecule has 0 aromatic heterocycles. The van der Waals surface area contributed by atoms with Gasteiger partial charge in [-0.3, -0.25) is 14.5 Å². The van der Waals surface area contributed by atoms with Gasteiger partial charge in [0.25, 0.3) is 5.91 Å². The van der Waals surface area contributed by atoms with E-state index < -0.39 is 5.97 Å². The van der Waals surface area contributed by atoms with Gasteiger partial charge in [-0.1, -0.05) is 30.0 Å². The normalized spacial score (nSPS) is 19.1. The highest BCUT2D eigenvalue weighted by molar-refractivity contribution is 8.26. The molecule has 0 aliphatic carbocycles. The molecule has 1 aromatic rings. The molecule has 126 valence electrons. The summed E-state index contributed by atoms with van der Waals surface area (Å²) in [7, 11) is 2.09. The molecule has 2 heterocycles. The lowest BCUT2D eigenvalue weighted by molar-refractivity contribution is -0.137. The lowest BCUT2D eigenvalue weighted by Gasteiger charge is -2.27. The van der Waals surface area contributed by atoms with Gasteiger partial charge in [0.05, 0.1) is 11.3 Å². The predicted octanol–water partition coefficient (Wildman–Crippen LogP) is 2.74. The second-order valence-corrected chi connectivity index (χ2v) is 7.57. The van der Waals surface area contributed by atoms with Crippen LogP contribution in [0.3, 0.4) is 0 Å². The molecule has 2 aliphatic heterocycles. The Morgan fingerprint density at radius 3 is 3.00 bits per heavy atom. The van der Waals surface area contributed by atoms with Crippen molar-refractivity contribution in [1.82, 2.24) is 4.90 Å². The minimum Gasteiger partial charge on any atom is -0.481 e. The summed E-state index contributed by atoms with van der Waals surface area (Å²) in [6, 6.07) is 6.21. The second kappa shape index (κ2) is 6.94. The molecular weight excluding hydrogens is 344 g/mol. The number of amides is 1. The Kier molecular flexibility index (Phi) is 4.91. The van der Waals surface area contributed by atoms with Crippen LogP contribution in [0.2, 0.25) is 0 Å². The van der Waals surface area contributed by atoms with Crippen LogP contribution in [-0.2, 0) is 16.0 Å². The van der Waals surface area contributed by atoms with Crippen LogP contribution in [0.5, 0.6) is 0 Å². The third kappa shape index (κ3) is 3.47. The fraction of sp³-hybridized carbons (Fsp3) is 0.353. The maximum atomic E-state index is 12.4. The molecule has 1 saturated heterocycles. The van der Waals surface area contributed by atoms with E-state index in [0.29, 0.717) is 9.23 Å². The number of hydrogen-bond acceptors (Lipinski definition) is 5. The van der Waals surface area contributed by atoms with Crippen LogP contribution in [0.1, 0.15) is 24.0 Å². The zero-order valence-electron chi connectivity index (χ0n) is 13.3. The summed E-state index contributed by atoms with van der Waals surface area (Å²) in [6.45, 7) is 1.18. The number of carbonyl (C=O) groups excluding carboxylic acids is 1. The molecule has 5 nitrogen and oxygen atoms in total. The summed E-state index contributed by atoms with van der Waals surface area (Å²) >= 11 is 6.44. The Morgan fingerprint density at radius 2 is 2.25 bits per heavy atom. The minimum absolute atomic E-state index is 0.106. The molecule has 2 aliphatic rings. The van der Waals surface area contributed by atoms with Crippen molar-refractivity contribution >= 4 is 51.9 Å². The number of aryl methyl sites for hydroxylation is 1. The smallest absolute Gasteiger partial charge is 0.305 e. The van der Waals surface area contributed by atoms with Gasteiger partial charge >= 0.3 is 5.97 Å². The van der Waals surface area contributed by atoms with Crippen LogP contribution in [0.25, 0.3) is 6.08 Å². The highest BCUT2D eigenvalue weighted by Crippen LogP contribution is 2.34. The zero-order valence-corrected chi connectivity index (χ0v) is 15.0. The minimum atomic E-state index is -0.938. The fourth-order valence-electron chi connectivity index (χ4n) is 2.95. The fourth-order valence-corrected chi connectivity index (χ4v) is 4.26. The van der Waals surface area contributed by atoms with Crippen molar-refractivity contribution in [2.45, 2.75) is 19.3 Å². The van der Waals surface area contributed by atoms with Crippen LogP contribution in [0.4, 0.5) is 5.69 Å². The van der Waals surface area contributed by atoms with E-state index in [1.807, 2.05) is 12.1 Å². The van der Waals surface area contributed by atoms with Gasteiger partial charge in [-0.05, 0) is 42.2 Å². The number of nitrogens with zero attached hydrogens (tertiary/aromatic N) is 2. The Labute approximate surface area is 150 Å². The number of fused-ring (bicyclic) bond motifs is 1. The summed E-state index contributed by atoms with van der Waals surface area (Å²) in [5.74, 6) is -1.15. The molecule has 1 fully saturated rings. The Hall–Kier alpha value is -1.86. The quantitative estimate of drug-likeness (QED) is 0.656. The van der Waals surface area contributed by atoms with E-state index in [1.54, 1.807) is 0 Å². The van der Waals surface area contributed by atoms with Crippen molar-refractivity contribution in [3.05, 3.63) is 34.2 Å². The number of hydrogen-bond donors (Lipinski definition) is 1. The summed E-state index contributed by atoms with van der Waals surface area (Å²) in [5.41, 5.74) is 3.51. The van der Waals surface area contributed by atoms with Gasteiger partial charge < -0.3 is 10.0 Å². The summed E-state index contributed by atoms with van der Waals surface area (Å²) in [6.07, 6.45) is 3.91. The van der Waals surface area contributed by atoms with Crippen molar-refractivity contribution in [1.29, 1.82) is 0 Å². The van der Waals surface area contributed by atoms with E-state index in [2.05, 4.69) is 24.1 Å². The van der Waals surface area contributed by atoms with Crippen molar-refractivity contribution in [3.8, 4) is 0 Å². The van der Waals surface area contributed by atoms with Gasteiger partial charge in [-0.15, -0.1) is 0 Å². The number of thioether (sulfide) groups is 1. The molecule has 24 heavy (non-hydrogen) atoms. The maximum absolute atomic E-state index is 12.4. The number of anilines is 1. The molecule has 1 N–H and O–H groups in total.